The summed E-state index contributed by atoms with van der Waals surface area (Å²) in [4.78, 5) is 37.6. The first-order chi connectivity index (χ1) is 12.8. The highest BCUT2D eigenvalue weighted by atomic mass is 16.6. The number of carbonyl (C=O) groups excluding carboxylic acids is 3. The van der Waals surface area contributed by atoms with Crippen molar-refractivity contribution in [3.8, 4) is 0 Å². The number of nitrogens with zero attached hydrogens (tertiary/aromatic N) is 1. The number of fused-ring (bicyclic) bond motifs is 1. The Morgan fingerprint density at radius 2 is 1.82 bits per heavy atom. The fraction of sp³-hybridized carbons (Fsp3) is 0.750. The first-order valence-electron chi connectivity index (χ1n) is 9.36. The Morgan fingerprint density at radius 1 is 1.21 bits per heavy atom. The third-order valence-electron chi connectivity index (χ3n) is 4.82. The Hall–Kier alpha value is -2.09. The zero-order valence-corrected chi connectivity index (χ0v) is 17.7. The van der Waals surface area contributed by atoms with Gasteiger partial charge < -0.3 is 18.9 Å². The molecule has 1 saturated carbocycles. The number of carbonyl (C=O) groups is 3. The van der Waals surface area contributed by atoms with Gasteiger partial charge in [0, 0.05) is 12.8 Å². The van der Waals surface area contributed by atoms with Crippen LogP contribution in [0.5, 0.6) is 0 Å². The van der Waals surface area contributed by atoms with E-state index in [1.54, 1.807) is 34.6 Å². The first-order valence-corrected chi connectivity index (χ1v) is 9.36. The summed E-state index contributed by atoms with van der Waals surface area (Å²) >= 11 is 0. The Balaban J connectivity index is 2.22. The van der Waals surface area contributed by atoms with E-state index in [1.165, 1.54) is 18.9 Å². The van der Waals surface area contributed by atoms with E-state index < -0.39 is 23.3 Å². The second-order valence-electron chi connectivity index (χ2n) is 8.80. The van der Waals surface area contributed by atoms with Gasteiger partial charge in [0.1, 0.15) is 17.9 Å². The summed E-state index contributed by atoms with van der Waals surface area (Å²) in [5.41, 5.74) is -0.984. The van der Waals surface area contributed by atoms with Gasteiger partial charge in [-0.25, -0.2) is 4.79 Å². The summed E-state index contributed by atoms with van der Waals surface area (Å²) in [7, 11) is 1.32. The SMILES string of the molecule is C=C(COC(C)=O)C[C@H]1OC(C)(C)N(C(=O)OC(C)(C)C)[C@H]2[C@H](C(=O)OC)[C@H]21. The largest absolute Gasteiger partial charge is 0.469 e. The monoisotopic (exact) mass is 397 g/mol. The molecule has 0 aromatic carbocycles. The number of amides is 1. The van der Waals surface area contributed by atoms with Crippen molar-refractivity contribution in [2.24, 2.45) is 11.8 Å². The number of hydrogen-bond donors (Lipinski definition) is 0. The van der Waals surface area contributed by atoms with Gasteiger partial charge >= 0.3 is 18.0 Å². The van der Waals surface area contributed by atoms with E-state index in [1.807, 2.05) is 0 Å². The van der Waals surface area contributed by atoms with Crippen molar-refractivity contribution in [1.82, 2.24) is 4.90 Å². The third kappa shape index (κ3) is 4.84. The van der Waals surface area contributed by atoms with E-state index in [-0.39, 0.29) is 36.6 Å². The Kier molecular flexibility index (Phi) is 6.13. The molecule has 0 unspecified atom stereocenters. The van der Waals surface area contributed by atoms with E-state index in [0.717, 1.165) is 0 Å². The van der Waals surface area contributed by atoms with E-state index in [0.29, 0.717) is 12.0 Å². The molecule has 0 N–H and O–H groups in total. The highest BCUT2D eigenvalue weighted by Gasteiger charge is 2.69. The van der Waals surface area contributed by atoms with E-state index in [4.69, 9.17) is 18.9 Å². The van der Waals surface area contributed by atoms with Crippen LogP contribution in [0.3, 0.4) is 0 Å². The molecule has 2 rings (SSSR count). The fourth-order valence-corrected chi connectivity index (χ4v) is 3.78. The number of hydrogen-bond acceptors (Lipinski definition) is 7. The molecule has 0 spiro atoms. The second-order valence-corrected chi connectivity index (χ2v) is 8.80. The van der Waals surface area contributed by atoms with Crippen LogP contribution in [0.25, 0.3) is 0 Å². The van der Waals surface area contributed by atoms with Crippen molar-refractivity contribution >= 4 is 18.0 Å². The van der Waals surface area contributed by atoms with E-state index >= 15 is 0 Å². The zero-order valence-electron chi connectivity index (χ0n) is 17.7. The lowest BCUT2D eigenvalue weighted by Crippen LogP contribution is -2.58. The van der Waals surface area contributed by atoms with Gasteiger partial charge in [0.05, 0.1) is 25.2 Å². The van der Waals surface area contributed by atoms with Crippen LogP contribution in [0.2, 0.25) is 0 Å². The van der Waals surface area contributed by atoms with Gasteiger partial charge in [-0.15, -0.1) is 0 Å². The minimum Gasteiger partial charge on any atom is -0.469 e. The molecular formula is C20H31NO7. The number of ether oxygens (including phenoxy) is 4. The topological polar surface area (TPSA) is 91.4 Å². The van der Waals surface area contributed by atoms with Gasteiger partial charge in [-0.2, -0.15) is 0 Å². The molecular weight excluding hydrogens is 366 g/mol. The van der Waals surface area contributed by atoms with Gasteiger partial charge in [-0.1, -0.05) is 6.58 Å². The van der Waals surface area contributed by atoms with Crippen LogP contribution in [0, 0.1) is 11.8 Å². The lowest BCUT2D eigenvalue weighted by atomic mass is 10.0. The lowest BCUT2D eigenvalue weighted by molar-refractivity contribution is -0.192. The summed E-state index contributed by atoms with van der Waals surface area (Å²) in [5, 5.41) is 0. The minimum atomic E-state index is -0.987. The van der Waals surface area contributed by atoms with Gasteiger partial charge in [0.2, 0.25) is 0 Å². The van der Waals surface area contributed by atoms with Gasteiger partial charge in [0.15, 0.2) is 0 Å². The van der Waals surface area contributed by atoms with Crippen LogP contribution in [0.15, 0.2) is 12.2 Å². The number of rotatable bonds is 5. The van der Waals surface area contributed by atoms with Gasteiger partial charge in [0.25, 0.3) is 0 Å². The summed E-state index contributed by atoms with van der Waals surface area (Å²) in [6, 6.07) is -0.377. The van der Waals surface area contributed by atoms with E-state index in [9.17, 15) is 14.4 Å². The highest BCUT2D eigenvalue weighted by Crippen LogP contribution is 2.55. The normalized spacial score (nSPS) is 28.0. The van der Waals surface area contributed by atoms with Crippen molar-refractivity contribution in [2.45, 2.75) is 71.4 Å². The number of esters is 2. The molecule has 1 aliphatic carbocycles. The van der Waals surface area contributed by atoms with Crippen LogP contribution in [0.4, 0.5) is 4.79 Å². The molecule has 2 fully saturated rings. The van der Waals surface area contributed by atoms with Crippen LogP contribution in [-0.2, 0) is 28.5 Å². The Morgan fingerprint density at radius 3 is 2.32 bits per heavy atom. The molecule has 1 aliphatic heterocycles. The van der Waals surface area contributed by atoms with Crippen LogP contribution in [-0.4, -0.2) is 60.1 Å². The molecule has 0 bridgehead atoms. The average Bonchev–Trinajstić information content (AvgIpc) is 3.24. The van der Waals surface area contributed by atoms with Crippen LogP contribution < -0.4 is 0 Å². The molecule has 28 heavy (non-hydrogen) atoms. The summed E-state index contributed by atoms with van der Waals surface area (Å²) < 4.78 is 21.6. The van der Waals surface area contributed by atoms with Crippen molar-refractivity contribution in [1.29, 1.82) is 0 Å². The molecule has 2 aliphatic rings. The molecule has 8 nitrogen and oxygen atoms in total. The maximum Gasteiger partial charge on any atom is 0.412 e. The molecule has 158 valence electrons. The maximum absolute atomic E-state index is 12.8. The van der Waals surface area contributed by atoms with Crippen molar-refractivity contribution in [2.75, 3.05) is 13.7 Å². The lowest BCUT2D eigenvalue weighted by Gasteiger charge is -2.45. The molecule has 0 radical (unpaired) electrons. The van der Waals surface area contributed by atoms with Crippen molar-refractivity contribution in [3.05, 3.63) is 12.2 Å². The minimum absolute atomic E-state index is 0.0890. The summed E-state index contributed by atoms with van der Waals surface area (Å²) in [5.74, 6) is -1.51. The summed E-state index contributed by atoms with van der Waals surface area (Å²) in [6.45, 7) is 14.2. The highest BCUT2D eigenvalue weighted by molar-refractivity contribution is 5.80. The predicted octanol–water partition coefficient (Wildman–Crippen LogP) is 2.66. The molecule has 1 heterocycles. The molecule has 0 aromatic heterocycles. The predicted molar refractivity (Wildman–Crippen MR) is 100 cm³/mol. The molecule has 1 amide bonds. The van der Waals surface area contributed by atoms with Crippen LogP contribution >= 0.6 is 0 Å². The quantitative estimate of drug-likeness (QED) is 0.400. The maximum atomic E-state index is 12.8. The smallest absolute Gasteiger partial charge is 0.412 e. The Labute approximate surface area is 166 Å². The first kappa shape index (κ1) is 22.2. The third-order valence-corrected chi connectivity index (χ3v) is 4.82. The molecule has 1 saturated heterocycles. The number of methoxy groups -OCH3 is 1. The summed E-state index contributed by atoms with van der Waals surface area (Å²) in [6.07, 6.45) is -0.477. The van der Waals surface area contributed by atoms with Gasteiger partial charge in [-0.3, -0.25) is 14.5 Å². The average molecular weight is 397 g/mol. The molecule has 0 aromatic rings. The fourth-order valence-electron chi connectivity index (χ4n) is 3.78. The standard InChI is InChI=1S/C20H31NO7/c1-11(10-26-12(2)22)9-13-14-15(17(23)25-8)16(14)21(20(6,7)27-13)18(24)28-19(3,4)5/h13-16H,1,9-10H2,2-8H3/t13-,14-,15-,16-/m1/s1. The van der Waals surface area contributed by atoms with Gasteiger partial charge in [-0.05, 0) is 46.6 Å². The second kappa shape index (κ2) is 7.73. The Bertz CT molecular complexity index is 664. The van der Waals surface area contributed by atoms with Crippen molar-refractivity contribution < 1.29 is 33.3 Å². The van der Waals surface area contributed by atoms with Crippen LogP contribution in [0.1, 0.15) is 48.0 Å². The zero-order chi connectivity index (χ0) is 21.4. The van der Waals surface area contributed by atoms with E-state index in [2.05, 4.69) is 6.58 Å². The molecule has 4 atom stereocenters. The molecule has 8 heteroatoms. The van der Waals surface area contributed by atoms with Crippen molar-refractivity contribution in [3.63, 3.8) is 0 Å².